The minimum Gasteiger partial charge on any atom is -0.516 e. The SMILES string of the molecule is C=CO.CC(O)O.O.[W].[W].[W]. The van der Waals surface area contributed by atoms with Gasteiger partial charge in [0.1, 0.15) is 6.29 Å². The van der Waals surface area contributed by atoms with E-state index in [-0.39, 0.29) is 68.7 Å². The van der Waals surface area contributed by atoms with E-state index >= 15 is 0 Å². The van der Waals surface area contributed by atoms with Crippen LogP contribution in [0.25, 0.3) is 0 Å². The van der Waals surface area contributed by atoms with Crippen LogP contribution in [-0.4, -0.2) is 27.1 Å². The zero-order chi connectivity index (χ0) is 6.28. The van der Waals surface area contributed by atoms with Crippen molar-refractivity contribution in [2.24, 2.45) is 0 Å². The van der Waals surface area contributed by atoms with Crippen molar-refractivity contribution in [2.45, 2.75) is 13.2 Å². The van der Waals surface area contributed by atoms with Crippen molar-refractivity contribution in [2.75, 3.05) is 0 Å². The maximum absolute atomic E-state index is 7.61. The van der Waals surface area contributed by atoms with Gasteiger partial charge in [-0.3, -0.25) is 0 Å². The van der Waals surface area contributed by atoms with E-state index in [4.69, 9.17) is 15.3 Å². The molecule has 0 atom stereocenters. The van der Waals surface area contributed by atoms with E-state index in [9.17, 15) is 0 Å². The van der Waals surface area contributed by atoms with Crippen LogP contribution in [0.3, 0.4) is 0 Å². The molecule has 0 aromatic carbocycles. The van der Waals surface area contributed by atoms with Gasteiger partial charge < -0.3 is 20.8 Å². The fourth-order valence-corrected chi connectivity index (χ4v) is 0. The van der Waals surface area contributed by atoms with Gasteiger partial charge in [-0.25, -0.2) is 0 Å². The quantitative estimate of drug-likeness (QED) is 0.232. The molecular formula is C4H12O4W3. The molecule has 0 aromatic rings. The molecule has 0 radical (unpaired) electrons. The van der Waals surface area contributed by atoms with Crippen LogP contribution in [0, 0.1) is 0 Å². The van der Waals surface area contributed by atoms with Crippen LogP contribution in [0.1, 0.15) is 6.92 Å². The third kappa shape index (κ3) is 469. The maximum atomic E-state index is 7.61. The second-order valence-corrected chi connectivity index (χ2v) is 0.814. The van der Waals surface area contributed by atoms with Gasteiger partial charge in [-0.15, -0.1) is 0 Å². The normalized spacial score (nSPS) is 4.36. The second kappa shape index (κ2) is 42.0. The van der Waals surface area contributed by atoms with Crippen LogP contribution in [0.15, 0.2) is 12.8 Å². The molecule has 0 aliphatic carbocycles. The van der Waals surface area contributed by atoms with Gasteiger partial charge in [-0.2, -0.15) is 0 Å². The van der Waals surface area contributed by atoms with Gasteiger partial charge in [0.05, 0.1) is 6.26 Å². The number of hydrogen-bond acceptors (Lipinski definition) is 3. The molecule has 0 bridgehead atoms. The molecule has 0 unspecified atom stereocenters. The van der Waals surface area contributed by atoms with E-state index in [2.05, 4.69) is 6.58 Å². The summed E-state index contributed by atoms with van der Waals surface area (Å²) in [7, 11) is 0. The smallest absolute Gasteiger partial charge is 0.148 e. The van der Waals surface area contributed by atoms with Gasteiger partial charge in [-0.1, -0.05) is 6.58 Å². The van der Waals surface area contributed by atoms with Crippen molar-refractivity contribution < 1.29 is 84.0 Å². The van der Waals surface area contributed by atoms with Crippen LogP contribution >= 0.6 is 0 Å². The fourth-order valence-electron chi connectivity index (χ4n) is 0. The summed E-state index contributed by atoms with van der Waals surface area (Å²) in [4.78, 5) is 0. The molecular weight excluding hydrogens is 664 g/mol. The monoisotopic (exact) mass is 676 g/mol. The summed E-state index contributed by atoms with van der Waals surface area (Å²) < 4.78 is 0. The van der Waals surface area contributed by atoms with Crippen LogP contribution in [0.2, 0.25) is 0 Å². The summed E-state index contributed by atoms with van der Waals surface area (Å²) in [5.41, 5.74) is 0. The summed E-state index contributed by atoms with van der Waals surface area (Å²) in [5.74, 6) is 0. The molecule has 5 N–H and O–H groups in total. The topological polar surface area (TPSA) is 92.2 Å². The van der Waals surface area contributed by atoms with Crippen LogP contribution in [0.4, 0.5) is 0 Å². The van der Waals surface area contributed by atoms with E-state index < -0.39 is 6.29 Å². The molecule has 0 saturated heterocycles. The second-order valence-electron chi connectivity index (χ2n) is 0.814. The first-order chi connectivity index (χ1) is 3.15. The Bertz CT molecular complexity index is 41.6. The molecule has 0 heterocycles. The summed E-state index contributed by atoms with van der Waals surface area (Å²) in [6.07, 6.45) is -0.417. The first-order valence-corrected chi connectivity index (χ1v) is 1.76. The molecule has 0 aromatic heterocycles. The van der Waals surface area contributed by atoms with Crippen molar-refractivity contribution in [1.82, 2.24) is 0 Å². The van der Waals surface area contributed by atoms with Crippen LogP contribution in [0.5, 0.6) is 0 Å². The third-order valence-corrected chi connectivity index (χ3v) is 0. The molecule has 7 heteroatoms. The van der Waals surface area contributed by atoms with E-state index in [0.717, 1.165) is 6.26 Å². The van der Waals surface area contributed by atoms with Gasteiger partial charge in [0.25, 0.3) is 0 Å². The number of aliphatic hydroxyl groups is 3. The predicted octanol–water partition coefficient (Wildman–Crippen LogP) is -0.827. The average Bonchev–Trinajstić information content (AvgIpc) is 1.33. The first kappa shape index (κ1) is 39.2. The zero-order valence-corrected chi connectivity index (χ0v) is 14.7. The van der Waals surface area contributed by atoms with E-state index in [0.29, 0.717) is 0 Å². The molecule has 0 spiro atoms. The van der Waals surface area contributed by atoms with Crippen molar-refractivity contribution in [1.29, 1.82) is 0 Å². The van der Waals surface area contributed by atoms with Gasteiger partial charge >= 0.3 is 0 Å². The fraction of sp³-hybridized carbons (Fsp3) is 0.500. The van der Waals surface area contributed by atoms with Crippen LogP contribution in [-0.2, 0) is 63.2 Å². The molecule has 0 amide bonds. The van der Waals surface area contributed by atoms with Gasteiger partial charge in [0, 0.05) is 63.2 Å². The van der Waals surface area contributed by atoms with E-state index in [1.165, 1.54) is 6.92 Å². The first-order valence-electron chi connectivity index (χ1n) is 1.76. The molecule has 0 aliphatic rings. The Hall–Kier alpha value is 1.48. The van der Waals surface area contributed by atoms with Crippen molar-refractivity contribution in [3.63, 3.8) is 0 Å². The largest absolute Gasteiger partial charge is 0.516 e. The van der Waals surface area contributed by atoms with E-state index in [1.807, 2.05) is 0 Å². The Morgan fingerprint density at radius 1 is 1.18 bits per heavy atom. The number of aliphatic hydroxyl groups excluding tert-OH is 2. The Labute approximate surface area is 109 Å². The third-order valence-electron chi connectivity index (χ3n) is 0. The van der Waals surface area contributed by atoms with Crippen molar-refractivity contribution in [3.8, 4) is 0 Å². The molecule has 4 nitrogen and oxygen atoms in total. The van der Waals surface area contributed by atoms with Gasteiger partial charge in [0.15, 0.2) is 0 Å². The molecule has 70 valence electrons. The molecule has 0 rings (SSSR count). The van der Waals surface area contributed by atoms with Crippen LogP contribution < -0.4 is 0 Å². The number of rotatable bonds is 0. The molecule has 0 saturated carbocycles. The minimum absolute atomic E-state index is 0. The summed E-state index contributed by atoms with van der Waals surface area (Å²) in [5, 5.41) is 22.6. The summed E-state index contributed by atoms with van der Waals surface area (Å²) >= 11 is 0. The van der Waals surface area contributed by atoms with Gasteiger partial charge in [-0.05, 0) is 6.92 Å². The summed E-state index contributed by atoms with van der Waals surface area (Å²) in [6, 6.07) is 0. The Morgan fingerprint density at radius 2 is 1.18 bits per heavy atom. The zero-order valence-electron chi connectivity index (χ0n) is 5.93. The molecule has 11 heavy (non-hydrogen) atoms. The van der Waals surface area contributed by atoms with E-state index in [1.54, 1.807) is 0 Å². The Kier molecular flexibility index (Phi) is 149. The summed E-state index contributed by atoms with van der Waals surface area (Å²) in [6.45, 7) is 4.19. The Morgan fingerprint density at radius 3 is 1.18 bits per heavy atom. The standard InChI is InChI=1S/C2H6O2.C2H4O.H2O.3W/c1-2(3)4;1-2-3;;;;/h2-4H,1H3;2-3H,1H2;1H2;;;. The minimum atomic E-state index is -1.17. The maximum Gasteiger partial charge on any atom is 0.148 e. The predicted molar refractivity (Wildman–Crippen MR) is 30.3 cm³/mol. The molecule has 0 fully saturated rings. The van der Waals surface area contributed by atoms with Gasteiger partial charge in [0.2, 0.25) is 0 Å². The number of hydrogen-bond donors (Lipinski definition) is 3. The van der Waals surface area contributed by atoms with Crippen molar-refractivity contribution in [3.05, 3.63) is 12.8 Å². The van der Waals surface area contributed by atoms with Crippen molar-refractivity contribution >= 4 is 0 Å². The molecule has 0 aliphatic heterocycles. The average molecular weight is 676 g/mol. The Balaban J connectivity index is -0.00000000848.